The third-order valence-corrected chi connectivity index (χ3v) is 5.36. The lowest BCUT2D eigenvalue weighted by Crippen LogP contribution is -2.55. The number of carbonyl (C=O) groups is 1. The smallest absolute Gasteiger partial charge is 0.254 e. The minimum atomic E-state index is 0.0977. The van der Waals surface area contributed by atoms with E-state index in [1.165, 1.54) is 19.3 Å². The summed E-state index contributed by atoms with van der Waals surface area (Å²) in [6.07, 6.45) is 5.27. The van der Waals surface area contributed by atoms with Gasteiger partial charge < -0.3 is 14.4 Å². The van der Waals surface area contributed by atoms with Gasteiger partial charge in [0.25, 0.3) is 5.91 Å². The molecule has 0 aromatic heterocycles. The van der Waals surface area contributed by atoms with Crippen LogP contribution in [-0.4, -0.2) is 68.3 Å². The second-order valence-corrected chi connectivity index (χ2v) is 6.69. The van der Waals surface area contributed by atoms with E-state index in [1.807, 2.05) is 36.3 Å². The van der Waals surface area contributed by atoms with E-state index in [0.29, 0.717) is 17.7 Å². The SMILES string of the molecule is COc1cccc(C(=O)N2CCN(C3CCCCC3OC)CC2)c1. The van der Waals surface area contributed by atoms with E-state index < -0.39 is 0 Å². The molecule has 1 amide bonds. The number of hydrogen-bond acceptors (Lipinski definition) is 4. The van der Waals surface area contributed by atoms with E-state index >= 15 is 0 Å². The molecule has 1 aromatic carbocycles. The number of amides is 1. The van der Waals surface area contributed by atoms with E-state index in [2.05, 4.69) is 4.90 Å². The van der Waals surface area contributed by atoms with Crippen LogP contribution in [0.2, 0.25) is 0 Å². The van der Waals surface area contributed by atoms with Gasteiger partial charge in [0.1, 0.15) is 5.75 Å². The molecule has 2 fully saturated rings. The molecule has 2 aliphatic rings. The zero-order chi connectivity index (χ0) is 16.9. The molecule has 1 saturated heterocycles. The Morgan fingerprint density at radius 2 is 1.83 bits per heavy atom. The number of ether oxygens (including phenoxy) is 2. The first kappa shape index (κ1) is 17.2. The Hall–Kier alpha value is -1.59. The Bertz CT molecular complexity index is 555. The molecule has 5 nitrogen and oxygen atoms in total. The highest BCUT2D eigenvalue weighted by Crippen LogP contribution is 2.26. The van der Waals surface area contributed by atoms with E-state index in [1.54, 1.807) is 7.11 Å². The number of piperazine rings is 1. The van der Waals surface area contributed by atoms with Gasteiger partial charge in [0.15, 0.2) is 0 Å². The summed E-state index contributed by atoms with van der Waals surface area (Å²) in [7, 11) is 3.45. The van der Waals surface area contributed by atoms with Crippen molar-refractivity contribution in [3.05, 3.63) is 29.8 Å². The molecular formula is C19H28N2O3. The molecule has 2 atom stereocenters. The molecule has 0 radical (unpaired) electrons. The molecule has 0 bridgehead atoms. The number of methoxy groups -OCH3 is 2. The highest BCUT2D eigenvalue weighted by molar-refractivity contribution is 5.94. The lowest BCUT2D eigenvalue weighted by molar-refractivity contribution is -0.0249. The van der Waals surface area contributed by atoms with Crippen molar-refractivity contribution < 1.29 is 14.3 Å². The topological polar surface area (TPSA) is 42.0 Å². The first-order chi connectivity index (χ1) is 11.7. The van der Waals surface area contributed by atoms with Gasteiger partial charge in [-0.05, 0) is 31.0 Å². The van der Waals surface area contributed by atoms with E-state index in [-0.39, 0.29) is 5.91 Å². The predicted molar refractivity (Wildman–Crippen MR) is 93.5 cm³/mol. The van der Waals surface area contributed by atoms with Gasteiger partial charge in [-0.3, -0.25) is 9.69 Å². The Kier molecular flexibility index (Phi) is 5.74. The third kappa shape index (κ3) is 3.73. The van der Waals surface area contributed by atoms with Crippen molar-refractivity contribution >= 4 is 5.91 Å². The third-order valence-electron chi connectivity index (χ3n) is 5.36. The molecule has 1 heterocycles. The van der Waals surface area contributed by atoms with Gasteiger partial charge >= 0.3 is 0 Å². The highest BCUT2D eigenvalue weighted by Gasteiger charge is 2.33. The monoisotopic (exact) mass is 332 g/mol. The van der Waals surface area contributed by atoms with Gasteiger partial charge in [-0.25, -0.2) is 0 Å². The van der Waals surface area contributed by atoms with Crippen molar-refractivity contribution in [2.24, 2.45) is 0 Å². The maximum atomic E-state index is 12.7. The minimum Gasteiger partial charge on any atom is -0.497 e. The van der Waals surface area contributed by atoms with Crippen LogP contribution in [0.5, 0.6) is 5.75 Å². The molecule has 1 saturated carbocycles. The Labute approximate surface area is 144 Å². The fourth-order valence-electron chi connectivity index (χ4n) is 3.97. The standard InChI is InChI=1S/C19H28N2O3/c1-23-16-7-5-6-15(14-16)19(22)21-12-10-20(11-13-21)17-8-3-4-9-18(17)24-2/h5-7,14,17-18H,3-4,8-13H2,1-2H3. The van der Waals surface area contributed by atoms with Crippen LogP contribution < -0.4 is 4.74 Å². The van der Waals surface area contributed by atoms with Gasteiger partial charge in [0.2, 0.25) is 0 Å². The summed E-state index contributed by atoms with van der Waals surface area (Å²) in [6.45, 7) is 3.42. The predicted octanol–water partition coefficient (Wildman–Crippen LogP) is 2.41. The summed E-state index contributed by atoms with van der Waals surface area (Å²) in [5.74, 6) is 0.824. The Balaban J connectivity index is 1.59. The van der Waals surface area contributed by atoms with Crippen molar-refractivity contribution in [1.29, 1.82) is 0 Å². The molecule has 0 N–H and O–H groups in total. The lowest BCUT2D eigenvalue weighted by Gasteiger charge is -2.43. The van der Waals surface area contributed by atoms with Gasteiger partial charge in [0.05, 0.1) is 13.2 Å². The zero-order valence-corrected chi connectivity index (χ0v) is 14.7. The van der Waals surface area contributed by atoms with Crippen LogP contribution in [0, 0.1) is 0 Å². The molecule has 5 heteroatoms. The van der Waals surface area contributed by atoms with Gasteiger partial charge in [-0.1, -0.05) is 18.9 Å². The number of benzene rings is 1. The number of rotatable bonds is 4. The molecule has 1 aromatic rings. The number of hydrogen-bond donors (Lipinski definition) is 0. The van der Waals surface area contributed by atoms with E-state index in [4.69, 9.17) is 9.47 Å². The summed E-state index contributed by atoms with van der Waals surface area (Å²) in [6, 6.07) is 7.92. The van der Waals surface area contributed by atoms with Crippen LogP contribution in [0.1, 0.15) is 36.0 Å². The highest BCUT2D eigenvalue weighted by atomic mass is 16.5. The first-order valence-electron chi connectivity index (χ1n) is 8.93. The molecule has 1 aliphatic heterocycles. The fraction of sp³-hybridized carbons (Fsp3) is 0.632. The molecular weight excluding hydrogens is 304 g/mol. The summed E-state index contributed by atoms with van der Waals surface area (Å²) in [5, 5.41) is 0. The normalized spacial score (nSPS) is 25.5. The summed E-state index contributed by atoms with van der Waals surface area (Å²) < 4.78 is 10.9. The minimum absolute atomic E-state index is 0.0977. The first-order valence-corrected chi connectivity index (χ1v) is 8.93. The fourth-order valence-corrected chi connectivity index (χ4v) is 3.97. The van der Waals surface area contributed by atoms with Crippen molar-refractivity contribution in [1.82, 2.24) is 9.80 Å². The summed E-state index contributed by atoms with van der Waals surface area (Å²) in [4.78, 5) is 17.2. The molecule has 1 aliphatic carbocycles. The second-order valence-electron chi connectivity index (χ2n) is 6.69. The van der Waals surface area contributed by atoms with Crippen LogP contribution in [0.3, 0.4) is 0 Å². The Morgan fingerprint density at radius 1 is 1.08 bits per heavy atom. The molecule has 2 unspecified atom stereocenters. The van der Waals surface area contributed by atoms with Crippen LogP contribution >= 0.6 is 0 Å². The average molecular weight is 332 g/mol. The quantitative estimate of drug-likeness (QED) is 0.849. The average Bonchev–Trinajstić information content (AvgIpc) is 2.67. The van der Waals surface area contributed by atoms with Crippen molar-refractivity contribution in [2.45, 2.75) is 37.8 Å². The van der Waals surface area contributed by atoms with Gasteiger partial charge in [0, 0.05) is 44.9 Å². The van der Waals surface area contributed by atoms with Crippen LogP contribution in [0.25, 0.3) is 0 Å². The van der Waals surface area contributed by atoms with E-state index in [9.17, 15) is 4.79 Å². The van der Waals surface area contributed by atoms with Crippen LogP contribution in [-0.2, 0) is 4.74 Å². The van der Waals surface area contributed by atoms with Crippen molar-refractivity contribution in [3.63, 3.8) is 0 Å². The van der Waals surface area contributed by atoms with E-state index in [0.717, 1.165) is 38.3 Å². The van der Waals surface area contributed by atoms with Gasteiger partial charge in [-0.15, -0.1) is 0 Å². The van der Waals surface area contributed by atoms with Crippen molar-refractivity contribution in [2.75, 3.05) is 40.4 Å². The summed E-state index contributed by atoms with van der Waals surface area (Å²) >= 11 is 0. The lowest BCUT2D eigenvalue weighted by atomic mass is 9.90. The largest absolute Gasteiger partial charge is 0.497 e. The molecule has 132 valence electrons. The second kappa shape index (κ2) is 7.99. The zero-order valence-electron chi connectivity index (χ0n) is 14.7. The van der Waals surface area contributed by atoms with Crippen LogP contribution in [0.4, 0.5) is 0 Å². The van der Waals surface area contributed by atoms with Crippen LogP contribution in [0.15, 0.2) is 24.3 Å². The van der Waals surface area contributed by atoms with Crippen molar-refractivity contribution in [3.8, 4) is 5.75 Å². The Morgan fingerprint density at radius 3 is 2.54 bits per heavy atom. The summed E-state index contributed by atoms with van der Waals surface area (Å²) in [5.41, 5.74) is 0.704. The molecule has 24 heavy (non-hydrogen) atoms. The molecule has 3 rings (SSSR count). The maximum absolute atomic E-state index is 12.7. The molecule has 0 spiro atoms. The number of nitrogens with zero attached hydrogens (tertiary/aromatic N) is 2. The van der Waals surface area contributed by atoms with Gasteiger partial charge in [-0.2, -0.15) is 0 Å². The maximum Gasteiger partial charge on any atom is 0.254 e. The number of carbonyl (C=O) groups excluding carboxylic acids is 1.